The Hall–Kier alpha value is -0.460. The summed E-state index contributed by atoms with van der Waals surface area (Å²) in [4.78, 5) is 0. The maximum atomic E-state index is 9.85. The molecule has 1 fully saturated rings. The van der Waals surface area contributed by atoms with E-state index < -0.39 is 24.4 Å². The van der Waals surface area contributed by atoms with E-state index in [9.17, 15) is 15.3 Å². The third-order valence-corrected chi connectivity index (χ3v) is 6.22. The van der Waals surface area contributed by atoms with Crippen LogP contribution in [0.4, 0.5) is 0 Å². The Morgan fingerprint density at radius 3 is 1.81 bits per heavy atom. The molecule has 0 aromatic rings. The van der Waals surface area contributed by atoms with Gasteiger partial charge in [-0.25, -0.2) is 0 Å². The fourth-order valence-electron chi connectivity index (χ4n) is 4.14. The Labute approximate surface area is 191 Å². The molecule has 0 aromatic heterocycles. The average molecular weight is 443 g/mol. The Morgan fingerprint density at radius 1 is 0.806 bits per heavy atom. The number of hydrogen-bond acceptors (Lipinski definition) is 5. The lowest BCUT2D eigenvalue weighted by atomic mass is 10.1. The number of allylic oxidation sites excluding steroid dienone is 2. The molecule has 0 aliphatic carbocycles. The molecule has 0 saturated carbocycles. The van der Waals surface area contributed by atoms with Crippen LogP contribution in [0.5, 0.6) is 0 Å². The molecule has 1 aliphatic rings. The molecule has 3 N–H and O–H groups in total. The maximum Gasteiger partial charge on any atom is 0.114 e. The molecule has 1 rings (SSSR count). The molecule has 5 nitrogen and oxygen atoms in total. The van der Waals surface area contributed by atoms with E-state index in [0.717, 1.165) is 12.8 Å². The third-order valence-electron chi connectivity index (χ3n) is 6.22. The zero-order valence-corrected chi connectivity index (χ0v) is 20.1. The van der Waals surface area contributed by atoms with Gasteiger partial charge in [0.15, 0.2) is 0 Å². The molecule has 0 bridgehead atoms. The van der Waals surface area contributed by atoms with Crippen LogP contribution in [0.3, 0.4) is 0 Å². The number of ether oxygens (including phenoxy) is 2. The summed E-state index contributed by atoms with van der Waals surface area (Å²) in [6, 6.07) is 0. The summed E-state index contributed by atoms with van der Waals surface area (Å²) in [5.41, 5.74) is 0. The Morgan fingerprint density at radius 2 is 1.32 bits per heavy atom. The van der Waals surface area contributed by atoms with Crippen molar-refractivity contribution in [2.45, 2.75) is 134 Å². The second kappa shape index (κ2) is 20.2. The van der Waals surface area contributed by atoms with E-state index in [4.69, 9.17) is 9.47 Å². The highest BCUT2D eigenvalue weighted by molar-refractivity contribution is 4.88. The minimum atomic E-state index is -0.979. The van der Waals surface area contributed by atoms with Crippen molar-refractivity contribution in [2.24, 2.45) is 0 Å². The van der Waals surface area contributed by atoms with E-state index in [1.54, 1.807) is 0 Å². The molecule has 0 aromatic carbocycles. The van der Waals surface area contributed by atoms with Gasteiger partial charge < -0.3 is 24.8 Å². The standard InChI is InChI=1S/C26H50O5/c1-2-3-4-5-6-7-8-9-10-11-12-13-14-15-16-17-18-19-20-30-24(21-27)26-25(29)23(28)22-31-26/h10-11,23-29H,2-9,12-22H2,1H3/b11-10+/t23-,24+,25-,26-/m1/s1. The van der Waals surface area contributed by atoms with Gasteiger partial charge in [-0.2, -0.15) is 0 Å². The van der Waals surface area contributed by atoms with Gasteiger partial charge in [-0.05, 0) is 32.1 Å². The van der Waals surface area contributed by atoms with Crippen LogP contribution in [-0.2, 0) is 9.47 Å². The smallest absolute Gasteiger partial charge is 0.114 e. The predicted octanol–water partition coefficient (Wildman–Crippen LogP) is 5.30. The molecule has 0 amide bonds. The topological polar surface area (TPSA) is 79.2 Å². The second-order valence-electron chi connectivity index (χ2n) is 9.09. The molecular weight excluding hydrogens is 392 g/mol. The summed E-state index contributed by atoms with van der Waals surface area (Å²) in [5.74, 6) is 0. The molecule has 1 saturated heterocycles. The summed E-state index contributed by atoms with van der Waals surface area (Å²) in [5, 5.41) is 28.8. The van der Waals surface area contributed by atoms with Gasteiger partial charge >= 0.3 is 0 Å². The van der Waals surface area contributed by atoms with Gasteiger partial charge in [0.05, 0.1) is 13.2 Å². The second-order valence-corrected chi connectivity index (χ2v) is 9.09. The number of aliphatic hydroxyl groups excluding tert-OH is 3. The highest BCUT2D eigenvalue weighted by atomic mass is 16.6. The zero-order valence-electron chi connectivity index (χ0n) is 20.1. The van der Waals surface area contributed by atoms with Crippen molar-refractivity contribution < 1.29 is 24.8 Å². The molecule has 0 radical (unpaired) electrons. The Kier molecular flexibility index (Phi) is 18.6. The molecule has 1 heterocycles. The number of hydrogen-bond donors (Lipinski definition) is 3. The predicted molar refractivity (Wildman–Crippen MR) is 127 cm³/mol. The Balaban J connectivity index is 1.82. The normalized spacial score (nSPS) is 22.5. The average Bonchev–Trinajstić information content (AvgIpc) is 3.11. The first-order valence-electron chi connectivity index (χ1n) is 13.1. The SMILES string of the molecule is CCCCCCCCC/C=C/CCCCCCCCCO[C@@H](CO)[C@H]1OC[C@@H](O)[C@H]1O. The quantitative estimate of drug-likeness (QED) is 0.166. The highest BCUT2D eigenvalue weighted by Gasteiger charge is 2.40. The zero-order chi connectivity index (χ0) is 22.6. The molecule has 5 heteroatoms. The van der Waals surface area contributed by atoms with E-state index >= 15 is 0 Å². The lowest BCUT2D eigenvalue weighted by molar-refractivity contribution is -0.101. The van der Waals surface area contributed by atoms with Crippen LogP contribution in [0, 0.1) is 0 Å². The number of rotatable bonds is 21. The van der Waals surface area contributed by atoms with Crippen LogP contribution in [-0.4, -0.2) is 59.6 Å². The molecular formula is C26H50O5. The van der Waals surface area contributed by atoms with Gasteiger partial charge in [-0.1, -0.05) is 89.7 Å². The van der Waals surface area contributed by atoms with E-state index in [1.165, 1.54) is 89.9 Å². The maximum absolute atomic E-state index is 9.85. The largest absolute Gasteiger partial charge is 0.394 e. The molecule has 184 valence electrons. The van der Waals surface area contributed by atoms with Crippen molar-refractivity contribution in [3.63, 3.8) is 0 Å². The van der Waals surface area contributed by atoms with Crippen LogP contribution < -0.4 is 0 Å². The van der Waals surface area contributed by atoms with E-state index in [1.807, 2.05) is 0 Å². The number of aliphatic hydroxyl groups is 3. The van der Waals surface area contributed by atoms with Gasteiger partial charge in [0.1, 0.15) is 24.4 Å². The fraction of sp³-hybridized carbons (Fsp3) is 0.923. The first-order valence-corrected chi connectivity index (χ1v) is 13.1. The van der Waals surface area contributed by atoms with Crippen molar-refractivity contribution in [1.82, 2.24) is 0 Å². The fourth-order valence-corrected chi connectivity index (χ4v) is 4.14. The minimum absolute atomic E-state index is 0.0979. The van der Waals surface area contributed by atoms with Crippen molar-refractivity contribution in [3.8, 4) is 0 Å². The van der Waals surface area contributed by atoms with Crippen molar-refractivity contribution in [1.29, 1.82) is 0 Å². The van der Waals surface area contributed by atoms with Crippen molar-refractivity contribution >= 4 is 0 Å². The molecule has 31 heavy (non-hydrogen) atoms. The highest BCUT2D eigenvalue weighted by Crippen LogP contribution is 2.20. The lowest BCUT2D eigenvalue weighted by Crippen LogP contribution is -2.42. The minimum Gasteiger partial charge on any atom is -0.394 e. The van der Waals surface area contributed by atoms with E-state index in [-0.39, 0.29) is 13.2 Å². The van der Waals surface area contributed by atoms with Gasteiger partial charge in [-0.15, -0.1) is 0 Å². The third kappa shape index (κ3) is 14.3. The van der Waals surface area contributed by atoms with Gasteiger partial charge in [-0.3, -0.25) is 0 Å². The summed E-state index contributed by atoms with van der Waals surface area (Å²) >= 11 is 0. The van der Waals surface area contributed by atoms with E-state index in [2.05, 4.69) is 19.1 Å². The molecule has 0 spiro atoms. The first kappa shape index (κ1) is 28.6. The van der Waals surface area contributed by atoms with Crippen molar-refractivity contribution in [2.75, 3.05) is 19.8 Å². The van der Waals surface area contributed by atoms with Gasteiger partial charge in [0.2, 0.25) is 0 Å². The van der Waals surface area contributed by atoms with Crippen molar-refractivity contribution in [3.05, 3.63) is 12.2 Å². The number of unbranched alkanes of at least 4 members (excludes halogenated alkanes) is 14. The van der Waals surface area contributed by atoms with Gasteiger partial charge in [0, 0.05) is 6.61 Å². The van der Waals surface area contributed by atoms with E-state index in [0.29, 0.717) is 6.61 Å². The monoisotopic (exact) mass is 442 g/mol. The van der Waals surface area contributed by atoms with Crippen LogP contribution in [0.25, 0.3) is 0 Å². The van der Waals surface area contributed by atoms with Crippen LogP contribution in [0.15, 0.2) is 12.2 Å². The Bertz CT molecular complexity index is 415. The van der Waals surface area contributed by atoms with Crippen LogP contribution >= 0.6 is 0 Å². The summed E-state index contributed by atoms with van der Waals surface area (Å²) < 4.78 is 11.0. The van der Waals surface area contributed by atoms with Crippen LogP contribution in [0.2, 0.25) is 0 Å². The first-order chi connectivity index (χ1) is 15.2. The molecule has 0 unspecified atom stereocenters. The summed E-state index contributed by atoms with van der Waals surface area (Å²) in [6.45, 7) is 2.71. The molecule has 1 aliphatic heterocycles. The molecule has 4 atom stereocenters. The van der Waals surface area contributed by atoms with Gasteiger partial charge in [0.25, 0.3) is 0 Å². The summed E-state index contributed by atoms with van der Waals surface area (Å²) in [6.07, 6.45) is 22.3. The summed E-state index contributed by atoms with van der Waals surface area (Å²) in [7, 11) is 0. The lowest BCUT2D eigenvalue weighted by Gasteiger charge is -2.24. The van der Waals surface area contributed by atoms with Crippen LogP contribution in [0.1, 0.15) is 110 Å².